The largest absolute Gasteiger partial charge is 0.396 e. The van der Waals surface area contributed by atoms with E-state index < -0.39 is 10.0 Å². The van der Waals surface area contributed by atoms with Crippen molar-refractivity contribution < 1.29 is 23.0 Å². The monoisotopic (exact) mass is 319 g/mol. The second-order valence-corrected chi connectivity index (χ2v) is 6.82. The van der Waals surface area contributed by atoms with Crippen LogP contribution in [-0.2, 0) is 26.0 Å². The van der Waals surface area contributed by atoms with Crippen LogP contribution in [0.2, 0.25) is 0 Å². The lowest BCUT2D eigenvalue weighted by Gasteiger charge is -2.14. The number of methoxy groups -OCH3 is 2. The molecule has 8 nitrogen and oxygen atoms in total. The average Bonchev–Trinajstić information content (AvgIpc) is 3.11. The van der Waals surface area contributed by atoms with Gasteiger partial charge in [0.25, 0.3) is 0 Å². The van der Waals surface area contributed by atoms with Gasteiger partial charge in [0, 0.05) is 46.7 Å². The van der Waals surface area contributed by atoms with Crippen molar-refractivity contribution >= 4 is 10.0 Å². The van der Waals surface area contributed by atoms with Crippen LogP contribution in [0.1, 0.15) is 6.42 Å². The van der Waals surface area contributed by atoms with Crippen LogP contribution in [0.3, 0.4) is 0 Å². The highest BCUT2D eigenvalue weighted by Gasteiger charge is 2.40. The van der Waals surface area contributed by atoms with E-state index in [-0.39, 0.29) is 36.8 Å². The molecule has 1 N–H and O–H groups in total. The number of aryl methyl sites for hydroxylation is 1. The zero-order chi connectivity index (χ0) is 15.5. The Morgan fingerprint density at radius 3 is 2.48 bits per heavy atom. The summed E-state index contributed by atoms with van der Waals surface area (Å²) in [6.07, 6.45) is 2.80. The molecule has 2 unspecified atom stereocenters. The van der Waals surface area contributed by atoms with E-state index in [0.717, 1.165) is 0 Å². The summed E-state index contributed by atoms with van der Waals surface area (Å²) < 4.78 is 38.5. The second kappa shape index (κ2) is 6.84. The summed E-state index contributed by atoms with van der Waals surface area (Å²) in [7, 11) is -0.519. The van der Waals surface area contributed by atoms with Gasteiger partial charge in [-0.15, -0.1) is 0 Å². The molecule has 0 aromatic carbocycles. The molecule has 0 radical (unpaired) electrons. The third-order valence-electron chi connectivity index (χ3n) is 3.58. The zero-order valence-corrected chi connectivity index (χ0v) is 13.0. The molecule has 1 aliphatic heterocycles. The first kappa shape index (κ1) is 16.4. The summed E-state index contributed by atoms with van der Waals surface area (Å²) in [6.45, 7) is 1.05. The Morgan fingerprint density at radius 1 is 1.33 bits per heavy atom. The van der Waals surface area contributed by atoms with Crippen LogP contribution in [0, 0.1) is 0 Å². The highest BCUT2D eigenvalue weighted by atomic mass is 32.2. The molecule has 120 valence electrons. The smallest absolute Gasteiger partial charge is 0.246 e. The Morgan fingerprint density at radius 2 is 1.95 bits per heavy atom. The average molecular weight is 319 g/mol. The molecule has 1 saturated heterocycles. The maximum absolute atomic E-state index is 12.6. The Hall–Kier alpha value is -1.00. The van der Waals surface area contributed by atoms with Crippen molar-refractivity contribution in [2.24, 2.45) is 0 Å². The summed E-state index contributed by atoms with van der Waals surface area (Å²) in [5.74, 6) is 0. The number of sulfonamides is 1. The Balaban J connectivity index is 2.13. The number of hydrogen-bond donors (Lipinski definition) is 1. The summed E-state index contributed by atoms with van der Waals surface area (Å²) in [5, 5.41) is 12.8. The van der Waals surface area contributed by atoms with Crippen LogP contribution >= 0.6 is 0 Å². The lowest BCUT2D eigenvalue weighted by atomic mass is 10.3. The maximum Gasteiger partial charge on any atom is 0.246 e. The summed E-state index contributed by atoms with van der Waals surface area (Å²) in [4.78, 5) is 0.145. The molecule has 0 aliphatic carbocycles. The van der Waals surface area contributed by atoms with E-state index in [0.29, 0.717) is 13.0 Å². The van der Waals surface area contributed by atoms with E-state index in [1.807, 2.05) is 0 Å². The van der Waals surface area contributed by atoms with Crippen LogP contribution in [0.25, 0.3) is 0 Å². The van der Waals surface area contributed by atoms with Gasteiger partial charge in [-0.1, -0.05) is 0 Å². The van der Waals surface area contributed by atoms with Crippen molar-refractivity contribution in [3.8, 4) is 0 Å². The van der Waals surface area contributed by atoms with Crippen LogP contribution in [0.4, 0.5) is 0 Å². The molecular formula is C12H21N3O5S. The molecule has 1 aromatic rings. The molecule has 2 heterocycles. The van der Waals surface area contributed by atoms with Crippen molar-refractivity contribution in [2.75, 3.05) is 33.9 Å². The molecule has 1 aromatic heterocycles. The molecule has 9 heteroatoms. The number of aliphatic hydroxyl groups is 1. The fraction of sp³-hybridized carbons (Fsp3) is 0.750. The number of aliphatic hydroxyl groups excluding tert-OH is 1. The lowest BCUT2D eigenvalue weighted by Crippen LogP contribution is -2.30. The fourth-order valence-electron chi connectivity index (χ4n) is 2.34. The topological polar surface area (TPSA) is 93.9 Å². The number of aromatic nitrogens is 2. The Kier molecular flexibility index (Phi) is 5.33. The maximum atomic E-state index is 12.6. The summed E-state index contributed by atoms with van der Waals surface area (Å²) in [5.41, 5.74) is 0. The normalized spacial score (nSPS) is 23.8. The van der Waals surface area contributed by atoms with Crippen LogP contribution in [-0.4, -0.2) is 73.7 Å². The van der Waals surface area contributed by atoms with Gasteiger partial charge in [-0.25, -0.2) is 8.42 Å². The quantitative estimate of drug-likeness (QED) is 0.714. The Labute approximate surface area is 124 Å². The van der Waals surface area contributed by atoms with Crippen molar-refractivity contribution in [3.05, 3.63) is 12.4 Å². The van der Waals surface area contributed by atoms with Gasteiger partial charge in [-0.05, 0) is 6.42 Å². The van der Waals surface area contributed by atoms with Crippen molar-refractivity contribution in [1.29, 1.82) is 0 Å². The minimum absolute atomic E-state index is 0.0408. The van der Waals surface area contributed by atoms with E-state index in [9.17, 15) is 8.42 Å². The molecule has 0 bridgehead atoms. The summed E-state index contributed by atoms with van der Waals surface area (Å²) >= 11 is 0. The third-order valence-corrected chi connectivity index (χ3v) is 5.36. The number of ether oxygens (including phenoxy) is 2. The summed E-state index contributed by atoms with van der Waals surface area (Å²) in [6, 6.07) is 0. The van der Waals surface area contributed by atoms with Gasteiger partial charge in [0.05, 0.1) is 18.4 Å². The molecule has 1 fully saturated rings. The van der Waals surface area contributed by atoms with Gasteiger partial charge < -0.3 is 14.6 Å². The fourth-order valence-corrected chi connectivity index (χ4v) is 3.76. The molecule has 2 atom stereocenters. The minimum Gasteiger partial charge on any atom is -0.396 e. The SMILES string of the molecule is COC1CN(S(=O)(=O)c2cnn(CCCO)c2)CC1OC. The lowest BCUT2D eigenvalue weighted by molar-refractivity contribution is -0.00461. The predicted molar refractivity (Wildman–Crippen MR) is 74.3 cm³/mol. The molecule has 1 aliphatic rings. The predicted octanol–water partition coefficient (Wildman–Crippen LogP) is -0.700. The van der Waals surface area contributed by atoms with E-state index in [1.54, 1.807) is 14.2 Å². The van der Waals surface area contributed by atoms with Crippen molar-refractivity contribution in [1.82, 2.24) is 14.1 Å². The van der Waals surface area contributed by atoms with E-state index in [2.05, 4.69) is 5.10 Å². The Bertz CT molecular complexity index is 547. The molecule has 0 saturated carbocycles. The van der Waals surface area contributed by atoms with Crippen molar-refractivity contribution in [3.63, 3.8) is 0 Å². The number of nitrogens with zero attached hydrogens (tertiary/aromatic N) is 3. The van der Waals surface area contributed by atoms with Gasteiger partial charge >= 0.3 is 0 Å². The highest BCUT2D eigenvalue weighted by Crippen LogP contribution is 2.23. The van der Waals surface area contributed by atoms with Gasteiger partial charge in [-0.3, -0.25) is 4.68 Å². The van der Waals surface area contributed by atoms with E-state index in [4.69, 9.17) is 14.6 Å². The number of hydrogen-bond acceptors (Lipinski definition) is 6. The van der Waals surface area contributed by atoms with Crippen LogP contribution in [0.15, 0.2) is 17.3 Å². The first-order chi connectivity index (χ1) is 10.0. The van der Waals surface area contributed by atoms with Crippen LogP contribution in [0.5, 0.6) is 0 Å². The van der Waals surface area contributed by atoms with E-state index >= 15 is 0 Å². The first-order valence-corrected chi connectivity index (χ1v) is 8.16. The molecule has 21 heavy (non-hydrogen) atoms. The zero-order valence-electron chi connectivity index (χ0n) is 12.2. The van der Waals surface area contributed by atoms with Gasteiger partial charge in [0.15, 0.2) is 0 Å². The van der Waals surface area contributed by atoms with Gasteiger partial charge in [-0.2, -0.15) is 9.40 Å². The number of rotatable bonds is 7. The highest BCUT2D eigenvalue weighted by molar-refractivity contribution is 7.89. The third kappa shape index (κ3) is 3.43. The van der Waals surface area contributed by atoms with Gasteiger partial charge in [0.1, 0.15) is 4.90 Å². The first-order valence-electron chi connectivity index (χ1n) is 6.72. The van der Waals surface area contributed by atoms with Crippen LogP contribution < -0.4 is 0 Å². The minimum atomic E-state index is -3.60. The molecule has 0 amide bonds. The molecular weight excluding hydrogens is 298 g/mol. The second-order valence-electron chi connectivity index (χ2n) is 4.89. The molecule has 2 rings (SSSR count). The van der Waals surface area contributed by atoms with E-state index in [1.165, 1.54) is 21.4 Å². The standard InChI is InChI=1S/C12H21N3O5S/c1-19-11-8-15(9-12(11)20-2)21(17,18)10-6-13-14(7-10)4-3-5-16/h6-7,11-12,16H,3-5,8-9H2,1-2H3. The molecule has 0 spiro atoms. The van der Waals surface area contributed by atoms with Gasteiger partial charge in [0.2, 0.25) is 10.0 Å². The van der Waals surface area contributed by atoms with Crippen molar-refractivity contribution in [2.45, 2.75) is 30.1 Å².